The number of aryl methyl sites for hydroxylation is 1. The molecular weight excluding hydrogens is 423 g/mol. The number of carbonyl (C=O) groups excluding carboxylic acids is 2. The lowest BCUT2D eigenvalue weighted by Crippen LogP contribution is -2.47. The predicted molar refractivity (Wildman–Crippen MR) is 121 cm³/mol. The molecule has 5 nitrogen and oxygen atoms in total. The van der Waals surface area contributed by atoms with Crippen molar-refractivity contribution in [1.82, 2.24) is 10.2 Å². The summed E-state index contributed by atoms with van der Waals surface area (Å²) in [4.78, 5) is 26.9. The third-order valence-corrected chi connectivity index (χ3v) is 5.42. The average molecular weight is 451 g/mol. The molecule has 0 spiro atoms. The summed E-state index contributed by atoms with van der Waals surface area (Å²) in [5.74, 6) is 0.463. The van der Waals surface area contributed by atoms with Crippen molar-refractivity contribution in [1.29, 1.82) is 0 Å². The molecule has 0 aliphatic rings. The number of likely N-dealkylation sites (N-methyl/N-ethyl adjacent to an activating group) is 1. The van der Waals surface area contributed by atoms with E-state index in [-0.39, 0.29) is 24.8 Å². The fraction of sp³-hybridized carbons (Fsp3) is 0.391. The van der Waals surface area contributed by atoms with E-state index in [0.717, 1.165) is 16.9 Å². The number of nitrogens with zero attached hydrogens (tertiary/aromatic N) is 1. The molecule has 0 radical (unpaired) electrons. The van der Waals surface area contributed by atoms with Gasteiger partial charge in [0.05, 0.1) is 16.7 Å². The molecule has 0 bridgehead atoms. The summed E-state index contributed by atoms with van der Waals surface area (Å²) in [6.45, 7) is 6.78. The monoisotopic (exact) mass is 450 g/mol. The Labute approximate surface area is 188 Å². The Kier molecular flexibility index (Phi) is 9.47. The summed E-state index contributed by atoms with van der Waals surface area (Å²) in [6, 6.07) is 12.4. The molecule has 1 unspecified atom stereocenters. The van der Waals surface area contributed by atoms with Crippen LogP contribution in [0.4, 0.5) is 0 Å². The van der Waals surface area contributed by atoms with Gasteiger partial charge >= 0.3 is 0 Å². The molecule has 2 amide bonds. The Morgan fingerprint density at radius 3 is 2.43 bits per heavy atom. The van der Waals surface area contributed by atoms with Crippen LogP contribution in [-0.4, -0.2) is 35.9 Å². The van der Waals surface area contributed by atoms with E-state index in [1.54, 1.807) is 30.0 Å². The molecule has 30 heavy (non-hydrogen) atoms. The molecule has 0 aliphatic carbocycles. The Balaban J connectivity index is 2.00. The lowest BCUT2D eigenvalue weighted by atomic mass is 10.1. The van der Waals surface area contributed by atoms with Crippen LogP contribution in [0, 0.1) is 6.92 Å². The Bertz CT molecular complexity index is 856. The van der Waals surface area contributed by atoms with E-state index in [0.29, 0.717) is 29.6 Å². The van der Waals surface area contributed by atoms with Gasteiger partial charge in [-0.3, -0.25) is 9.59 Å². The minimum Gasteiger partial charge on any atom is -0.494 e. The highest BCUT2D eigenvalue weighted by Crippen LogP contribution is 2.24. The molecule has 0 fully saturated rings. The van der Waals surface area contributed by atoms with Crippen molar-refractivity contribution in [2.75, 3.05) is 13.2 Å². The minimum atomic E-state index is -0.607. The molecule has 162 valence electrons. The van der Waals surface area contributed by atoms with Crippen LogP contribution in [0.2, 0.25) is 10.0 Å². The maximum Gasteiger partial charge on any atom is 0.242 e. The largest absolute Gasteiger partial charge is 0.494 e. The van der Waals surface area contributed by atoms with Crippen LogP contribution in [0.15, 0.2) is 42.5 Å². The van der Waals surface area contributed by atoms with Crippen molar-refractivity contribution in [2.24, 2.45) is 0 Å². The first kappa shape index (κ1) is 24.0. The highest BCUT2D eigenvalue weighted by atomic mass is 35.5. The normalized spacial score (nSPS) is 11.6. The number of halogens is 2. The number of rotatable bonds is 10. The summed E-state index contributed by atoms with van der Waals surface area (Å²) in [5.41, 5.74) is 1.97. The Hall–Kier alpha value is -2.24. The fourth-order valence-electron chi connectivity index (χ4n) is 2.93. The van der Waals surface area contributed by atoms with Gasteiger partial charge in [0.15, 0.2) is 0 Å². The van der Waals surface area contributed by atoms with E-state index < -0.39 is 6.04 Å². The van der Waals surface area contributed by atoms with E-state index >= 15 is 0 Å². The number of carbonyl (C=O) groups is 2. The molecule has 2 aromatic carbocycles. The van der Waals surface area contributed by atoms with E-state index in [4.69, 9.17) is 27.9 Å². The van der Waals surface area contributed by atoms with Crippen molar-refractivity contribution in [3.05, 3.63) is 63.6 Å². The summed E-state index contributed by atoms with van der Waals surface area (Å²) in [6.07, 6.45) is 0.823. The van der Waals surface area contributed by atoms with Crippen molar-refractivity contribution in [3.8, 4) is 5.75 Å². The second-order valence-electron chi connectivity index (χ2n) is 7.11. The van der Waals surface area contributed by atoms with Gasteiger partial charge in [0.1, 0.15) is 11.8 Å². The molecule has 0 aliphatic heterocycles. The van der Waals surface area contributed by atoms with Gasteiger partial charge in [-0.15, -0.1) is 0 Å². The smallest absolute Gasteiger partial charge is 0.242 e. The van der Waals surface area contributed by atoms with Crippen LogP contribution in [0.25, 0.3) is 0 Å². The van der Waals surface area contributed by atoms with Crippen molar-refractivity contribution in [3.63, 3.8) is 0 Å². The number of hydrogen-bond donors (Lipinski definition) is 1. The first-order chi connectivity index (χ1) is 14.3. The van der Waals surface area contributed by atoms with E-state index in [9.17, 15) is 9.59 Å². The van der Waals surface area contributed by atoms with Crippen molar-refractivity contribution in [2.45, 2.75) is 46.2 Å². The summed E-state index contributed by atoms with van der Waals surface area (Å²) < 4.78 is 5.70. The molecular formula is C23H28Cl2N2O3. The maximum absolute atomic E-state index is 12.9. The number of ether oxygens (including phenoxy) is 1. The van der Waals surface area contributed by atoms with Crippen LogP contribution in [0.3, 0.4) is 0 Å². The lowest BCUT2D eigenvalue weighted by molar-refractivity contribution is -0.140. The zero-order chi connectivity index (χ0) is 22.1. The third-order valence-electron chi connectivity index (χ3n) is 4.68. The van der Waals surface area contributed by atoms with Crippen molar-refractivity contribution >= 4 is 35.0 Å². The van der Waals surface area contributed by atoms with Gasteiger partial charge in [-0.25, -0.2) is 0 Å². The molecule has 7 heteroatoms. The van der Waals surface area contributed by atoms with Gasteiger partial charge in [-0.1, -0.05) is 47.0 Å². The van der Waals surface area contributed by atoms with Crippen LogP contribution < -0.4 is 10.1 Å². The number of amides is 2. The number of benzene rings is 2. The molecule has 0 aromatic heterocycles. The van der Waals surface area contributed by atoms with E-state index in [1.165, 1.54) is 0 Å². The van der Waals surface area contributed by atoms with E-state index in [1.807, 2.05) is 38.1 Å². The predicted octanol–water partition coefficient (Wildman–Crippen LogP) is 5.01. The second-order valence-corrected chi connectivity index (χ2v) is 7.92. The highest BCUT2D eigenvalue weighted by Gasteiger charge is 2.25. The molecule has 0 saturated heterocycles. The molecule has 0 saturated carbocycles. The topological polar surface area (TPSA) is 58.6 Å². The highest BCUT2D eigenvalue weighted by molar-refractivity contribution is 6.42. The van der Waals surface area contributed by atoms with Crippen LogP contribution in [0.5, 0.6) is 5.75 Å². The second kappa shape index (κ2) is 11.8. The van der Waals surface area contributed by atoms with Crippen molar-refractivity contribution < 1.29 is 14.3 Å². The molecule has 2 rings (SSSR count). The van der Waals surface area contributed by atoms with Gasteiger partial charge in [-0.05, 0) is 57.0 Å². The van der Waals surface area contributed by atoms with Gasteiger partial charge in [-0.2, -0.15) is 0 Å². The quantitative estimate of drug-likeness (QED) is 0.517. The molecule has 1 N–H and O–H groups in total. The minimum absolute atomic E-state index is 0.118. The van der Waals surface area contributed by atoms with Gasteiger partial charge in [0.2, 0.25) is 11.8 Å². The first-order valence-corrected chi connectivity index (χ1v) is 10.8. The lowest BCUT2D eigenvalue weighted by Gasteiger charge is -2.29. The number of hydrogen-bond acceptors (Lipinski definition) is 3. The SMILES string of the molecule is CCNC(=O)C(C)N(Cc1ccc(Cl)c(Cl)c1)C(=O)CCCOc1ccc(C)cc1. The Morgan fingerprint density at radius 1 is 1.10 bits per heavy atom. The zero-order valence-corrected chi connectivity index (χ0v) is 19.1. The fourth-order valence-corrected chi connectivity index (χ4v) is 3.25. The summed E-state index contributed by atoms with van der Waals surface area (Å²) >= 11 is 12.1. The third kappa shape index (κ3) is 7.22. The van der Waals surface area contributed by atoms with Crippen LogP contribution in [0.1, 0.15) is 37.8 Å². The molecule has 0 heterocycles. The standard InChI is InChI=1S/C23H28Cl2N2O3/c1-4-26-23(29)17(3)27(15-18-9-12-20(24)21(25)14-18)22(28)6-5-13-30-19-10-7-16(2)8-11-19/h7-12,14,17H,4-6,13,15H2,1-3H3,(H,26,29). The van der Waals surface area contributed by atoms with Crippen LogP contribution >= 0.6 is 23.2 Å². The molecule has 1 atom stereocenters. The van der Waals surface area contributed by atoms with E-state index in [2.05, 4.69) is 5.32 Å². The maximum atomic E-state index is 12.9. The van der Waals surface area contributed by atoms with Gasteiger partial charge in [0, 0.05) is 19.5 Å². The Morgan fingerprint density at radius 2 is 1.80 bits per heavy atom. The zero-order valence-electron chi connectivity index (χ0n) is 17.6. The molecule has 2 aromatic rings. The first-order valence-electron chi connectivity index (χ1n) is 10.0. The summed E-state index contributed by atoms with van der Waals surface area (Å²) in [7, 11) is 0. The van der Waals surface area contributed by atoms with Crippen LogP contribution in [-0.2, 0) is 16.1 Å². The summed E-state index contributed by atoms with van der Waals surface area (Å²) in [5, 5.41) is 3.64. The number of nitrogens with one attached hydrogen (secondary N) is 1. The van der Waals surface area contributed by atoms with Gasteiger partial charge < -0.3 is 15.0 Å². The average Bonchev–Trinajstić information content (AvgIpc) is 2.72. The van der Waals surface area contributed by atoms with Gasteiger partial charge in [0.25, 0.3) is 0 Å².